The van der Waals surface area contributed by atoms with Gasteiger partial charge in [-0.25, -0.2) is 13.4 Å². The molecule has 1 aromatic heterocycles. The summed E-state index contributed by atoms with van der Waals surface area (Å²) in [6.45, 7) is 1.82. The van der Waals surface area contributed by atoms with E-state index in [4.69, 9.17) is 9.47 Å². The van der Waals surface area contributed by atoms with Crippen LogP contribution in [0.4, 0.5) is 0 Å². The van der Waals surface area contributed by atoms with Gasteiger partial charge in [-0.1, -0.05) is 0 Å². The number of rotatable bonds is 6. The molecule has 1 aliphatic heterocycles. The summed E-state index contributed by atoms with van der Waals surface area (Å²) in [5, 5.41) is 0.724. The molecule has 7 nitrogen and oxygen atoms in total. The van der Waals surface area contributed by atoms with E-state index in [9.17, 15) is 13.2 Å². The van der Waals surface area contributed by atoms with Crippen molar-refractivity contribution in [2.45, 2.75) is 38.3 Å². The smallest absolute Gasteiger partial charge is 0.266 e. The standard InChI is InChI=1S/C20H24N2O5S2/c1-12-18(20(23)22(14-5-6-14)15-8-9-29(24,25)11-15)28-19(21-12)13-4-7-16(26-2)17(10-13)27-3/h4,7,10,14-15H,5-6,8-9,11H2,1-3H3. The molecule has 0 radical (unpaired) electrons. The fraction of sp³-hybridized carbons (Fsp3) is 0.500. The minimum absolute atomic E-state index is 0.0651. The van der Waals surface area contributed by atoms with Crippen LogP contribution >= 0.6 is 11.3 Å². The summed E-state index contributed by atoms with van der Waals surface area (Å²) in [5.41, 5.74) is 1.51. The lowest BCUT2D eigenvalue weighted by Crippen LogP contribution is -2.42. The lowest BCUT2D eigenvalue weighted by molar-refractivity contribution is 0.0685. The summed E-state index contributed by atoms with van der Waals surface area (Å²) >= 11 is 1.34. The Morgan fingerprint density at radius 3 is 2.45 bits per heavy atom. The second-order valence-corrected chi connectivity index (χ2v) is 10.7. The zero-order chi connectivity index (χ0) is 20.8. The Bertz CT molecular complexity index is 1040. The van der Waals surface area contributed by atoms with Crippen molar-refractivity contribution in [3.8, 4) is 22.1 Å². The van der Waals surface area contributed by atoms with Crippen LogP contribution in [0.1, 0.15) is 34.6 Å². The summed E-state index contributed by atoms with van der Waals surface area (Å²) in [6.07, 6.45) is 2.39. The molecule has 1 atom stereocenters. The SMILES string of the molecule is COc1ccc(-c2nc(C)c(C(=O)N(C3CC3)C3CCS(=O)(=O)C3)s2)cc1OC. The first-order chi connectivity index (χ1) is 13.8. The van der Waals surface area contributed by atoms with E-state index >= 15 is 0 Å². The van der Waals surface area contributed by atoms with Gasteiger partial charge in [0, 0.05) is 17.6 Å². The molecular weight excluding hydrogens is 412 g/mol. The Kier molecular flexibility index (Phi) is 5.29. The molecule has 156 valence electrons. The Balaban J connectivity index is 1.64. The maximum Gasteiger partial charge on any atom is 0.266 e. The molecule has 0 spiro atoms. The van der Waals surface area contributed by atoms with Crippen LogP contribution in [0.3, 0.4) is 0 Å². The number of amides is 1. The molecule has 1 aliphatic carbocycles. The predicted molar refractivity (Wildman–Crippen MR) is 112 cm³/mol. The average molecular weight is 437 g/mol. The molecule has 1 saturated heterocycles. The maximum atomic E-state index is 13.4. The highest BCUT2D eigenvalue weighted by Crippen LogP contribution is 2.38. The number of thiazole rings is 1. The van der Waals surface area contributed by atoms with Gasteiger partial charge in [-0.15, -0.1) is 11.3 Å². The highest BCUT2D eigenvalue weighted by Gasteiger charge is 2.43. The van der Waals surface area contributed by atoms with E-state index in [1.807, 2.05) is 30.0 Å². The number of aromatic nitrogens is 1. The summed E-state index contributed by atoms with van der Waals surface area (Å²) in [6, 6.07) is 5.45. The molecule has 2 aromatic rings. The highest BCUT2D eigenvalue weighted by molar-refractivity contribution is 7.91. The topological polar surface area (TPSA) is 85.8 Å². The summed E-state index contributed by atoms with van der Waals surface area (Å²) < 4.78 is 34.5. The number of carbonyl (C=O) groups is 1. The molecular formula is C20H24N2O5S2. The van der Waals surface area contributed by atoms with Crippen molar-refractivity contribution in [2.75, 3.05) is 25.7 Å². The minimum Gasteiger partial charge on any atom is -0.493 e. The quantitative estimate of drug-likeness (QED) is 0.692. The predicted octanol–water partition coefficient (Wildman–Crippen LogP) is 2.93. The monoisotopic (exact) mass is 436 g/mol. The first-order valence-electron chi connectivity index (χ1n) is 9.56. The fourth-order valence-corrected chi connectivity index (χ4v) is 6.50. The molecule has 0 bridgehead atoms. The van der Waals surface area contributed by atoms with Crippen molar-refractivity contribution in [1.29, 1.82) is 0 Å². The van der Waals surface area contributed by atoms with Gasteiger partial charge in [0.15, 0.2) is 21.3 Å². The van der Waals surface area contributed by atoms with Gasteiger partial charge in [-0.05, 0) is 44.4 Å². The third-order valence-corrected chi connectivity index (χ3v) is 8.34. The van der Waals surface area contributed by atoms with E-state index in [1.165, 1.54) is 11.3 Å². The van der Waals surface area contributed by atoms with Crippen molar-refractivity contribution in [2.24, 2.45) is 0 Å². The van der Waals surface area contributed by atoms with Crippen LogP contribution in [0.15, 0.2) is 18.2 Å². The number of hydrogen-bond acceptors (Lipinski definition) is 7. The molecule has 1 unspecified atom stereocenters. The van der Waals surface area contributed by atoms with E-state index in [1.54, 1.807) is 14.2 Å². The van der Waals surface area contributed by atoms with Gasteiger partial charge < -0.3 is 14.4 Å². The van der Waals surface area contributed by atoms with Crippen molar-refractivity contribution in [1.82, 2.24) is 9.88 Å². The number of benzene rings is 1. The van der Waals surface area contributed by atoms with Crippen LogP contribution in [-0.4, -0.2) is 62.0 Å². The van der Waals surface area contributed by atoms with Crippen LogP contribution < -0.4 is 9.47 Å². The average Bonchev–Trinajstić information content (AvgIpc) is 3.35. The highest BCUT2D eigenvalue weighted by atomic mass is 32.2. The number of nitrogens with zero attached hydrogens (tertiary/aromatic N) is 2. The van der Waals surface area contributed by atoms with Crippen molar-refractivity contribution in [3.63, 3.8) is 0 Å². The van der Waals surface area contributed by atoms with E-state index in [0.717, 1.165) is 23.4 Å². The normalized spacial score (nSPS) is 20.4. The van der Waals surface area contributed by atoms with Gasteiger partial charge in [0.25, 0.3) is 5.91 Å². The van der Waals surface area contributed by atoms with Crippen LogP contribution in [0.2, 0.25) is 0 Å². The third-order valence-electron chi connectivity index (χ3n) is 5.40. The first kappa shape index (κ1) is 20.2. The van der Waals surface area contributed by atoms with E-state index < -0.39 is 9.84 Å². The summed E-state index contributed by atoms with van der Waals surface area (Å²) in [5.74, 6) is 1.35. The molecule has 0 N–H and O–H groups in total. The maximum absolute atomic E-state index is 13.4. The first-order valence-corrected chi connectivity index (χ1v) is 12.2. The largest absolute Gasteiger partial charge is 0.493 e. The van der Waals surface area contributed by atoms with E-state index in [2.05, 4.69) is 4.98 Å². The Morgan fingerprint density at radius 1 is 1.14 bits per heavy atom. The molecule has 4 rings (SSSR count). The number of sulfone groups is 1. The molecule has 2 heterocycles. The number of hydrogen-bond donors (Lipinski definition) is 0. The summed E-state index contributed by atoms with van der Waals surface area (Å²) in [4.78, 5) is 20.4. The van der Waals surface area contributed by atoms with Crippen LogP contribution in [0.25, 0.3) is 10.6 Å². The van der Waals surface area contributed by atoms with Gasteiger partial charge in [0.1, 0.15) is 9.88 Å². The Morgan fingerprint density at radius 2 is 1.86 bits per heavy atom. The lowest BCUT2D eigenvalue weighted by atomic mass is 10.2. The van der Waals surface area contributed by atoms with Crippen LogP contribution in [0, 0.1) is 6.92 Å². The number of carbonyl (C=O) groups excluding carboxylic acids is 1. The zero-order valence-electron chi connectivity index (χ0n) is 16.7. The molecule has 1 saturated carbocycles. The van der Waals surface area contributed by atoms with Crippen LogP contribution in [-0.2, 0) is 9.84 Å². The van der Waals surface area contributed by atoms with Crippen molar-refractivity contribution >= 4 is 27.1 Å². The minimum atomic E-state index is -3.06. The van der Waals surface area contributed by atoms with Gasteiger partial charge in [-0.2, -0.15) is 0 Å². The molecule has 2 fully saturated rings. The van der Waals surface area contributed by atoms with Gasteiger partial charge in [0.05, 0.1) is 31.4 Å². The fourth-order valence-electron chi connectivity index (χ4n) is 3.78. The molecule has 1 amide bonds. The lowest BCUT2D eigenvalue weighted by Gasteiger charge is -2.28. The second kappa shape index (κ2) is 7.60. The second-order valence-electron chi connectivity index (χ2n) is 7.50. The number of aryl methyl sites for hydroxylation is 1. The van der Waals surface area contributed by atoms with Gasteiger partial charge >= 0.3 is 0 Å². The number of methoxy groups -OCH3 is 2. The van der Waals surface area contributed by atoms with Gasteiger partial charge in [-0.3, -0.25) is 4.79 Å². The molecule has 9 heteroatoms. The summed E-state index contributed by atoms with van der Waals surface area (Å²) in [7, 11) is 0.101. The van der Waals surface area contributed by atoms with E-state index in [0.29, 0.717) is 28.5 Å². The Hall–Kier alpha value is -2.13. The zero-order valence-corrected chi connectivity index (χ0v) is 18.3. The van der Waals surface area contributed by atoms with E-state index in [-0.39, 0.29) is 29.5 Å². The van der Waals surface area contributed by atoms with Crippen molar-refractivity contribution in [3.05, 3.63) is 28.8 Å². The number of ether oxygens (including phenoxy) is 2. The Labute approximate surface area is 174 Å². The molecule has 29 heavy (non-hydrogen) atoms. The van der Waals surface area contributed by atoms with Crippen LogP contribution in [0.5, 0.6) is 11.5 Å². The van der Waals surface area contributed by atoms with Gasteiger partial charge in [0.2, 0.25) is 0 Å². The molecule has 2 aliphatic rings. The molecule has 1 aromatic carbocycles. The van der Waals surface area contributed by atoms with Crippen molar-refractivity contribution < 1.29 is 22.7 Å². The third kappa shape index (κ3) is 3.98.